The predicted octanol–water partition coefficient (Wildman–Crippen LogP) is 1.17. The van der Waals surface area contributed by atoms with Gasteiger partial charge in [0.2, 0.25) is 6.79 Å². The first-order chi connectivity index (χ1) is 6.25. The van der Waals surface area contributed by atoms with E-state index in [9.17, 15) is 0 Å². The Morgan fingerprint density at radius 2 is 2.15 bits per heavy atom. The van der Waals surface area contributed by atoms with Crippen molar-refractivity contribution in [1.29, 1.82) is 0 Å². The topological polar surface area (TPSA) is 50.7 Å². The Hall–Kier alpha value is -1.42. The van der Waals surface area contributed by atoms with Crippen LogP contribution in [-0.2, 0) is 0 Å². The van der Waals surface area contributed by atoms with Gasteiger partial charge in [0.1, 0.15) is 6.23 Å². The van der Waals surface area contributed by atoms with Crippen molar-refractivity contribution in [3.63, 3.8) is 0 Å². The fourth-order valence-corrected chi connectivity index (χ4v) is 1.23. The van der Waals surface area contributed by atoms with Crippen LogP contribution in [0.4, 0.5) is 5.69 Å². The van der Waals surface area contributed by atoms with E-state index in [2.05, 4.69) is 5.32 Å². The first-order valence-electron chi connectivity index (χ1n) is 4.10. The van der Waals surface area contributed by atoms with Crippen LogP contribution in [0, 0.1) is 0 Å². The van der Waals surface area contributed by atoms with E-state index in [1.165, 1.54) is 0 Å². The molecule has 1 aromatic rings. The van der Waals surface area contributed by atoms with Gasteiger partial charge in [-0.05, 0) is 19.1 Å². The molecule has 0 unspecified atom stereocenters. The number of rotatable bonds is 2. The molecule has 4 heteroatoms. The predicted molar refractivity (Wildman–Crippen MR) is 47.9 cm³/mol. The van der Waals surface area contributed by atoms with Crippen molar-refractivity contribution in [2.75, 3.05) is 12.1 Å². The highest BCUT2D eigenvalue weighted by Crippen LogP contribution is 2.34. The lowest BCUT2D eigenvalue weighted by Gasteiger charge is -2.08. The van der Waals surface area contributed by atoms with Crippen LogP contribution in [0.25, 0.3) is 0 Å². The van der Waals surface area contributed by atoms with Gasteiger partial charge < -0.3 is 19.9 Å². The van der Waals surface area contributed by atoms with Gasteiger partial charge in [-0.15, -0.1) is 0 Å². The number of aliphatic hydroxyl groups is 1. The Balaban J connectivity index is 2.21. The Labute approximate surface area is 76.1 Å². The summed E-state index contributed by atoms with van der Waals surface area (Å²) in [6, 6.07) is 5.45. The number of aliphatic hydroxyl groups excluding tert-OH is 1. The van der Waals surface area contributed by atoms with Crippen molar-refractivity contribution in [3.05, 3.63) is 18.2 Å². The Bertz CT molecular complexity index is 312. The molecule has 13 heavy (non-hydrogen) atoms. The molecule has 0 spiro atoms. The minimum Gasteiger partial charge on any atom is -0.454 e. The van der Waals surface area contributed by atoms with E-state index in [-0.39, 0.29) is 6.79 Å². The van der Waals surface area contributed by atoms with Crippen molar-refractivity contribution >= 4 is 5.69 Å². The molecule has 0 amide bonds. The monoisotopic (exact) mass is 181 g/mol. The van der Waals surface area contributed by atoms with Gasteiger partial charge in [0.15, 0.2) is 11.5 Å². The first-order valence-corrected chi connectivity index (χ1v) is 4.10. The lowest BCUT2D eigenvalue weighted by Crippen LogP contribution is -2.12. The fraction of sp³-hybridized carbons (Fsp3) is 0.333. The molecular weight excluding hydrogens is 170 g/mol. The van der Waals surface area contributed by atoms with Crippen LogP contribution >= 0.6 is 0 Å². The van der Waals surface area contributed by atoms with Crippen LogP contribution in [0.5, 0.6) is 11.5 Å². The number of nitrogens with one attached hydrogen (secondary N) is 1. The lowest BCUT2D eigenvalue weighted by atomic mass is 10.3. The van der Waals surface area contributed by atoms with Crippen molar-refractivity contribution in [1.82, 2.24) is 0 Å². The van der Waals surface area contributed by atoms with E-state index >= 15 is 0 Å². The lowest BCUT2D eigenvalue weighted by molar-refractivity contribution is 0.174. The quantitative estimate of drug-likeness (QED) is 0.672. The van der Waals surface area contributed by atoms with Crippen LogP contribution in [0.1, 0.15) is 6.92 Å². The molecule has 0 saturated carbocycles. The van der Waals surface area contributed by atoms with Crippen LogP contribution in [0.3, 0.4) is 0 Å². The van der Waals surface area contributed by atoms with Gasteiger partial charge in [-0.1, -0.05) is 0 Å². The minimum absolute atomic E-state index is 0.271. The van der Waals surface area contributed by atoms with E-state index in [1.54, 1.807) is 13.0 Å². The standard InChI is InChI=1S/C9H11NO3/c1-6(11)10-7-2-3-8-9(4-7)13-5-12-8/h2-4,6,10-11H,5H2,1H3/t6-/m1/s1. The maximum Gasteiger partial charge on any atom is 0.231 e. The Morgan fingerprint density at radius 3 is 2.92 bits per heavy atom. The number of hydrogen-bond acceptors (Lipinski definition) is 4. The van der Waals surface area contributed by atoms with E-state index < -0.39 is 6.23 Å². The number of hydrogen-bond donors (Lipinski definition) is 2. The van der Waals surface area contributed by atoms with Crippen molar-refractivity contribution in [2.24, 2.45) is 0 Å². The summed E-state index contributed by atoms with van der Waals surface area (Å²) in [5.74, 6) is 1.46. The molecule has 0 aromatic heterocycles. The zero-order chi connectivity index (χ0) is 9.26. The molecule has 0 bridgehead atoms. The fourth-order valence-electron chi connectivity index (χ4n) is 1.23. The van der Waals surface area contributed by atoms with E-state index in [4.69, 9.17) is 14.6 Å². The van der Waals surface area contributed by atoms with Gasteiger partial charge in [-0.3, -0.25) is 0 Å². The highest BCUT2D eigenvalue weighted by atomic mass is 16.7. The highest BCUT2D eigenvalue weighted by molar-refractivity contribution is 5.55. The molecule has 1 aliphatic heterocycles. The zero-order valence-electron chi connectivity index (χ0n) is 7.28. The third-order valence-electron chi connectivity index (χ3n) is 1.75. The van der Waals surface area contributed by atoms with Gasteiger partial charge in [-0.25, -0.2) is 0 Å². The second-order valence-electron chi connectivity index (χ2n) is 2.89. The summed E-state index contributed by atoms with van der Waals surface area (Å²) in [5.41, 5.74) is 0.819. The molecule has 70 valence electrons. The molecule has 4 nitrogen and oxygen atoms in total. The number of fused-ring (bicyclic) bond motifs is 1. The van der Waals surface area contributed by atoms with Gasteiger partial charge in [0.25, 0.3) is 0 Å². The number of benzene rings is 1. The van der Waals surface area contributed by atoms with Crippen molar-refractivity contribution in [2.45, 2.75) is 13.2 Å². The van der Waals surface area contributed by atoms with Gasteiger partial charge in [-0.2, -0.15) is 0 Å². The third-order valence-corrected chi connectivity index (χ3v) is 1.75. The summed E-state index contributed by atoms with van der Waals surface area (Å²) in [6.45, 7) is 1.93. The van der Waals surface area contributed by atoms with E-state index in [1.807, 2.05) is 12.1 Å². The summed E-state index contributed by atoms with van der Waals surface area (Å²) in [4.78, 5) is 0. The molecule has 1 aromatic carbocycles. The molecule has 0 saturated heterocycles. The van der Waals surface area contributed by atoms with Crippen molar-refractivity contribution in [3.8, 4) is 11.5 Å². The summed E-state index contributed by atoms with van der Waals surface area (Å²) < 4.78 is 10.3. The van der Waals surface area contributed by atoms with Crippen molar-refractivity contribution < 1.29 is 14.6 Å². The maximum absolute atomic E-state index is 9.07. The van der Waals surface area contributed by atoms with Crippen LogP contribution < -0.4 is 14.8 Å². The SMILES string of the molecule is C[C@@H](O)Nc1ccc2c(c1)OCO2. The molecular formula is C9H11NO3. The molecule has 1 aliphatic rings. The van der Waals surface area contributed by atoms with Crippen LogP contribution in [-0.4, -0.2) is 18.1 Å². The van der Waals surface area contributed by atoms with Crippen LogP contribution in [0.2, 0.25) is 0 Å². The Morgan fingerprint density at radius 1 is 1.38 bits per heavy atom. The van der Waals surface area contributed by atoms with Gasteiger partial charge >= 0.3 is 0 Å². The maximum atomic E-state index is 9.07. The smallest absolute Gasteiger partial charge is 0.231 e. The molecule has 2 rings (SSSR count). The molecule has 0 aliphatic carbocycles. The summed E-state index contributed by atoms with van der Waals surface area (Å²) in [7, 11) is 0. The van der Waals surface area contributed by atoms with Crippen LogP contribution in [0.15, 0.2) is 18.2 Å². The summed E-state index contributed by atoms with van der Waals surface area (Å²) in [6.07, 6.45) is -0.569. The molecule has 2 N–H and O–H groups in total. The number of ether oxygens (including phenoxy) is 2. The second-order valence-corrected chi connectivity index (χ2v) is 2.89. The summed E-state index contributed by atoms with van der Waals surface area (Å²) in [5, 5.41) is 11.9. The van der Waals surface area contributed by atoms with Gasteiger partial charge in [0, 0.05) is 11.8 Å². The Kier molecular flexibility index (Phi) is 1.98. The summed E-state index contributed by atoms with van der Waals surface area (Å²) >= 11 is 0. The minimum atomic E-state index is -0.569. The average Bonchev–Trinajstić information content (AvgIpc) is 2.49. The average molecular weight is 181 g/mol. The largest absolute Gasteiger partial charge is 0.454 e. The molecule has 1 heterocycles. The van der Waals surface area contributed by atoms with Gasteiger partial charge in [0.05, 0.1) is 0 Å². The molecule has 0 radical (unpaired) electrons. The number of anilines is 1. The normalized spacial score (nSPS) is 15.5. The first kappa shape index (κ1) is 8.19. The third kappa shape index (κ3) is 1.67. The molecule has 1 atom stereocenters. The zero-order valence-corrected chi connectivity index (χ0v) is 7.28. The highest BCUT2D eigenvalue weighted by Gasteiger charge is 2.13. The molecule has 0 fully saturated rings. The second kappa shape index (κ2) is 3.14. The van der Waals surface area contributed by atoms with E-state index in [0.717, 1.165) is 11.4 Å². The van der Waals surface area contributed by atoms with E-state index in [0.29, 0.717) is 5.75 Å².